The summed E-state index contributed by atoms with van der Waals surface area (Å²) in [6, 6.07) is 6.97. The lowest BCUT2D eigenvalue weighted by molar-refractivity contribution is -0.386. The minimum atomic E-state index is -1.21. The number of methoxy groups -OCH3 is 1. The molecule has 1 unspecified atom stereocenters. The Balaban J connectivity index is 2.20. The molecule has 0 saturated carbocycles. The van der Waals surface area contributed by atoms with Crippen LogP contribution in [0.4, 0.5) is 5.69 Å². The Morgan fingerprint density at radius 1 is 1.38 bits per heavy atom. The number of fused-ring (bicyclic) bond motifs is 1. The molecule has 0 amide bonds. The number of benzene rings is 1. The fourth-order valence-electron chi connectivity index (χ4n) is 3.15. The van der Waals surface area contributed by atoms with Crippen molar-refractivity contribution < 1.29 is 19.2 Å². The maximum atomic E-state index is 12.7. The summed E-state index contributed by atoms with van der Waals surface area (Å²) in [5.74, 6) is -0.0357. The highest BCUT2D eigenvalue weighted by atomic mass is 35.5. The maximum absolute atomic E-state index is 12.7. The first kappa shape index (κ1) is 18.3. The number of halogens is 2. The Kier molecular flexibility index (Phi) is 4.97. The third-order valence-electron chi connectivity index (χ3n) is 4.30. The number of ether oxygens (including phenoxy) is 2. The largest absolute Gasteiger partial charge is 0.493 e. The molecule has 1 aromatic heterocycles. The molecule has 1 aliphatic rings. The smallest absolute Gasteiger partial charge is 0.327 e. The van der Waals surface area contributed by atoms with Crippen molar-refractivity contribution in [2.45, 2.75) is 18.3 Å². The minimum absolute atomic E-state index is 0.0397. The summed E-state index contributed by atoms with van der Waals surface area (Å²) in [4.78, 5) is 31.1. The monoisotopic (exact) mass is 397 g/mol. The van der Waals surface area contributed by atoms with Gasteiger partial charge in [-0.15, -0.1) is 0 Å². The van der Waals surface area contributed by atoms with Crippen molar-refractivity contribution in [1.29, 1.82) is 0 Å². The van der Waals surface area contributed by atoms with E-state index in [4.69, 9.17) is 32.7 Å². The third-order valence-corrected chi connectivity index (χ3v) is 4.74. The van der Waals surface area contributed by atoms with Crippen molar-refractivity contribution in [2.24, 2.45) is 0 Å². The predicted molar refractivity (Wildman–Crippen MR) is 92.7 cm³/mol. The molecule has 2 heterocycles. The highest BCUT2D eigenvalue weighted by Crippen LogP contribution is 2.43. The van der Waals surface area contributed by atoms with Crippen LogP contribution in [0.1, 0.15) is 17.7 Å². The van der Waals surface area contributed by atoms with Crippen molar-refractivity contribution in [3.63, 3.8) is 0 Å². The van der Waals surface area contributed by atoms with Crippen LogP contribution in [0.3, 0.4) is 0 Å². The molecule has 136 valence electrons. The van der Waals surface area contributed by atoms with Gasteiger partial charge in [-0.05, 0) is 17.7 Å². The van der Waals surface area contributed by atoms with Gasteiger partial charge in [-0.1, -0.05) is 29.8 Å². The number of esters is 1. The van der Waals surface area contributed by atoms with E-state index in [0.29, 0.717) is 11.3 Å². The lowest BCUT2D eigenvalue weighted by Gasteiger charge is -2.36. The third kappa shape index (κ3) is 3.06. The van der Waals surface area contributed by atoms with Gasteiger partial charge in [0.2, 0.25) is 10.4 Å². The minimum Gasteiger partial charge on any atom is -0.493 e. The van der Waals surface area contributed by atoms with Gasteiger partial charge in [0.05, 0.1) is 18.6 Å². The molecule has 0 saturated heterocycles. The summed E-state index contributed by atoms with van der Waals surface area (Å²) >= 11 is 11.7. The molecule has 0 bridgehead atoms. The molecule has 0 fully saturated rings. The quantitative estimate of drug-likeness (QED) is 0.256. The fourth-order valence-corrected chi connectivity index (χ4v) is 3.64. The fraction of sp³-hybridized carbons (Fsp3) is 0.312. The Morgan fingerprint density at radius 3 is 2.81 bits per heavy atom. The SMILES string of the molecule is COC(=O)C1(Cc2nc(Cl)nc(Cl)c2[N+](=O)[O-])CCOc2ccccc21. The van der Waals surface area contributed by atoms with Crippen LogP contribution in [0, 0.1) is 10.1 Å². The number of hydrogen-bond donors (Lipinski definition) is 0. The molecule has 1 aromatic carbocycles. The molecule has 1 aliphatic heterocycles. The highest BCUT2D eigenvalue weighted by molar-refractivity contribution is 6.33. The zero-order valence-electron chi connectivity index (χ0n) is 13.6. The van der Waals surface area contributed by atoms with Crippen LogP contribution in [-0.2, 0) is 21.4 Å². The number of carbonyl (C=O) groups is 1. The van der Waals surface area contributed by atoms with Crippen molar-refractivity contribution >= 4 is 34.9 Å². The van der Waals surface area contributed by atoms with Gasteiger partial charge in [0.1, 0.15) is 16.9 Å². The predicted octanol–water partition coefficient (Wildman–Crippen LogP) is 3.13. The molecule has 0 aliphatic carbocycles. The Labute approximate surface area is 158 Å². The first-order valence-electron chi connectivity index (χ1n) is 7.56. The Morgan fingerprint density at radius 2 is 2.12 bits per heavy atom. The van der Waals surface area contributed by atoms with Crippen molar-refractivity contribution in [1.82, 2.24) is 9.97 Å². The van der Waals surface area contributed by atoms with E-state index in [1.165, 1.54) is 7.11 Å². The van der Waals surface area contributed by atoms with E-state index in [0.717, 1.165) is 0 Å². The molecule has 2 aromatic rings. The molecule has 0 N–H and O–H groups in total. The van der Waals surface area contributed by atoms with Gasteiger partial charge in [0.25, 0.3) is 0 Å². The number of aromatic nitrogens is 2. The summed E-state index contributed by atoms with van der Waals surface area (Å²) in [6.45, 7) is 0.243. The highest BCUT2D eigenvalue weighted by Gasteiger charge is 2.47. The van der Waals surface area contributed by atoms with Crippen LogP contribution >= 0.6 is 23.2 Å². The summed E-state index contributed by atoms with van der Waals surface area (Å²) in [5, 5.41) is 10.8. The van der Waals surface area contributed by atoms with Crippen molar-refractivity contribution in [2.75, 3.05) is 13.7 Å². The Hall–Kier alpha value is -2.45. The van der Waals surface area contributed by atoms with E-state index >= 15 is 0 Å². The summed E-state index contributed by atoms with van der Waals surface area (Å²) in [5.41, 5.74) is -1.17. The molecule has 8 nitrogen and oxygen atoms in total. The van der Waals surface area contributed by atoms with E-state index in [1.807, 2.05) is 0 Å². The second-order valence-electron chi connectivity index (χ2n) is 5.68. The molecular weight excluding hydrogens is 385 g/mol. The number of nitrogens with zero attached hydrogens (tertiary/aromatic N) is 3. The average molecular weight is 398 g/mol. The van der Waals surface area contributed by atoms with Crippen LogP contribution in [0.15, 0.2) is 24.3 Å². The van der Waals surface area contributed by atoms with Gasteiger partial charge >= 0.3 is 11.7 Å². The van der Waals surface area contributed by atoms with E-state index < -0.39 is 22.0 Å². The van der Waals surface area contributed by atoms with Crippen LogP contribution < -0.4 is 4.74 Å². The van der Waals surface area contributed by atoms with Gasteiger partial charge in [0.15, 0.2) is 0 Å². The lowest BCUT2D eigenvalue weighted by atomic mass is 9.72. The van der Waals surface area contributed by atoms with E-state index in [-0.39, 0.29) is 35.6 Å². The summed E-state index contributed by atoms with van der Waals surface area (Å²) in [7, 11) is 1.26. The molecule has 0 spiro atoms. The first-order chi connectivity index (χ1) is 12.4. The second kappa shape index (κ2) is 7.05. The standard InChI is InChI=1S/C16H13Cl2N3O5/c1-25-14(22)16(6-7-26-11-5-3-2-4-9(11)16)8-10-12(21(23)24)13(17)20-15(18)19-10/h2-5H,6-8H2,1H3. The number of carbonyl (C=O) groups excluding carboxylic acids is 1. The van der Waals surface area contributed by atoms with Gasteiger partial charge in [-0.25, -0.2) is 4.98 Å². The van der Waals surface area contributed by atoms with Crippen LogP contribution in [0.2, 0.25) is 10.4 Å². The number of nitro groups is 1. The molecule has 0 radical (unpaired) electrons. The Bertz CT molecular complexity index is 892. The van der Waals surface area contributed by atoms with Gasteiger partial charge in [-0.3, -0.25) is 14.9 Å². The van der Waals surface area contributed by atoms with E-state index in [2.05, 4.69) is 9.97 Å². The van der Waals surface area contributed by atoms with Gasteiger partial charge < -0.3 is 9.47 Å². The van der Waals surface area contributed by atoms with Crippen molar-refractivity contribution in [3.8, 4) is 5.75 Å². The van der Waals surface area contributed by atoms with E-state index in [1.54, 1.807) is 24.3 Å². The number of para-hydroxylation sites is 1. The molecular formula is C16H13Cl2N3O5. The van der Waals surface area contributed by atoms with E-state index in [9.17, 15) is 14.9 Å². The summed E-state index contributed by atoms with van der Waals surface area (Å²) in [6.07, 6.45) is 0.130. The maximum Gasteiger partial charge on any atom is 0.327 e. The zero-order valence-corrected chi connectivity index (χ0v) is 15.1. The topological polar surface area (TPSA) is 104 Å². The van der Waals surface area contributed by atoms with Crippen LogP contribution in [-0.4, -0.2) is 34.6 Å². The van der Waals surface area contributed by atoms with Crippen LogP contribution in [0.5, 0.6) is 5.75 Å². The summed E-state index contributed by atoms with van der Waals surface area (Å²) < 4.78 is 10.6. The second-order valence-corrected chi connectivity index (χ2v) is 6.38. The van der Waals surface area contributed by atoms with Gasteiger partial charge in [0, 0.05) is 18.4 Å². The lowest BCUT2D eigenvalue weighted by Crippen LogP contribution is -2.43. The first-order valence-corrected chi connectivity index (χ1v) is 8.31. The normalized spacial score (nSPS) is 18.6. The zero-order chi connectivity index (χ0) is 18.9. The number of rotatable bonds is 4. The molecule has 1 atom stereocenters. The number of hydrogen-bond acceptors (Lipinski definition) is 7. The molecule has 26 heavy (non-hydrogen) atoms. The van der Waals surface area contributed by atoms with Crippen LogP contribution in [0.25, 0.3) is 0 Å². The average Bonchev–Trinajstić information content (AvgIpc) is 2.60. The molecule has 3 rings (SSSR count). The van der Waals surface area contributed by atoms with Crippen molar-refractivity contribution in [3.05, 3.63) is 56.1 Å². The molecule has 10 heteroatoms. The van der Waals surface area contributed by atoms with Gasteiger partial charge in [-0.2, -0.15) is 4.98 Å².